The summed E-state index contributed by atoms with van der Waals surface area (Å²) in [6, 6.07) is 11.5. The minimum atomic E-state index is 0.0513. The van der Waals surface area contributed by atoms with E-state index >= 15 is 0 Å². The highest BCUT2D eigenvalue weighted by atomic mass is 35.5. The van der Waals surface area contributed by atoms with Gasteiger partial charge in [0, 0.05) is 56.0 Å². The summed E-state index contributed by atoms with van der Waals surface area (Å²) in [5.41, 5.74) is 1.61. The summed E-state index contributed by atoms with van der Waals surface area (Å²) in [5.74, 6) is 1.27. The van der Waals surface area contributed by atoms with Crippen LogP contribution in [0.2, 0.25) is 10.0 Å². The summed E-state index contributed by atoms with van der Waals surface area (Å²) in [6.45, 7) is 4.10. The third-order valence-electron chi connectivity index (χ3n) is 5.46. The molecule has 2 aromatic rings. The van der Waals surface area contributed by atoms with Crippen LogP contribution in [-0.2, 0) is 6.54 Å². The molecule has 0 aromatic heterocycles. The molecule has 7 heteroatoms. The molecule has 1 N–H and O–H groups in total. The summed E-state index contributed by atoms with van der Waals surface area (Å²) in [5, 5.41) is 4.04. The van der Waals surface area contributed by atoms with E-state index in [2.05, 4.69) is 10.2 Å². The summed E-state index contributed by atoms with van der Waals surface area (Å²) in [6.07, 6.45) is 2.60. The molecule has 0 radical (unpaired) electrons. The van der Waals surface area contributed by atoms with Crippen molar-refractivity contribution >= 4 is 29.1 Å². The van der Waals surface area contributed by atoms with Crippen molar-refractivity contribution in [3.05, 3.63) is 57.6 Å². The zero-order valence-corrected chi connectivity index (χ0v) is 18.0. The van der Waals surface area contributed by atoms with Crippen LogP contribution in [0.25, 0.3) is 0 Å². The summed E-state index contributed by atoms with van der Waals surface area (Å²) >= 11 is 12.1. The largest absolute Gasteiger partial charge is 0.457 e. The molecule has 4 rings (SSSR count). The Hall–Kier alpha value is -1.79. The van der Waals surface area contributed by atoms with E-state index < -0.39 is 0 Å². The molecule has 1 saturated heterocycles. The van der Waals surface area contributed by atoms with Gasteiger partial charge in [0.2, 0.25) is 0 Å². The zero-order valence-electron chi connectivity index (χ0n) is 16.5. The normalized spacial score (nSPS) is 17.4. The van der Waals surface area contributed by atoms with Crippen LogP contribution in [0.3, 0.4) is 0 Å². The number of hydrogen-bond donors (Lipinski definition) is 1. The lowest BCUT2D eigenvalue weighted by Crippen LogP contribution is -2.49. The molecule has 1 heterocycles. The van der Waals surface area contributed by atoms with Crippen molar-refractivity contribution in [3.63, 3.8) is 0 Å². The maximum Gasteiger partial charge on any atom is 0.254 e. The highest BCUT2D eigenvalue weighted by Crippen LogP contribution is 2.32. The van der Waals surface area contributed by atoms with Crippen LogP contribution >= 0.6 is 23.2 Å². The number of halogens is 2. The highest BCUT2D eigenvalue weighted by Gasteiger charge is 2.32. The van der Waals surface area contributed by atoms with Gasteiger partial charge < -0.3 is 15.0 Å². The number of benzene rings is 2. The van der Waals surface area contributed by atoms with E-state index in [4.69, 9.17) is 27.9 Å². The summed E-state index contributed by atoms with van der Waals surface area (Å²) in [4.78, 5) is 17.5. The van der Waals surface area contributed by atoms with Crippen molar-refractivity contribution in [2.75, 3.05) is 33.2 Å². The topological polar surface area (TPSA) is 44.8 Å². The third kappa shape index (κ3) is 4.86. The SMILES string of the molecule is CNCc1ccc(C(=O)N2CCN(C3CC3)CC2)cc1Oc1ccc(Cl)c(Cl)c1. The second kappa shape index (κ2) is 8.92. The molecule has 1 aliphatic heterocycles. The van der Waals surface area contributed by atoms with Crippen LogP contribution in [0.1, 0.15) is 28.8 Å². The minimum Gasteiger partial charge on any atom is -0.457 e. The van der Waals surface area contributed by atoms with E-state index in [0.29, 0.717) is 33.7 Å². The Kier molecular flexibility index (Phi) is 6.30. The van der Waals surface area contributed by atoms with Crippen molar-refractivity contribution < 1.29 is 9.53 Å². The quantitative estimate of drug-likeness (QED) is 0.731. The molecule has 154 valence electrons. The van der Waals surface area contributed by atoms with Gasteiger partial charge in [-0.2, -0.15) is 0 Å². The molecular formula is C22H25Cl2N3O2. The van der Waals surface area contributed by atoms with Gasteiger partial charge in [-0.3, -0.25) is 9.69 Å². The Morgan fingerprint density at radius 3 is 2.48 bits per heavy atom. The van der Waals surface area contributed by atoms with Crippen molar-refractivity contribution in [3.8, 4) is 11.5 Å². The highest BCUT2D eigenvalue weighted by molar-refractivity contribution is 6.42. The summed E-state index contributed by atoms with van der Waals surface area (Å²) < 4.78 is 6.07. The second-order valence-corrected chi connectivity index (χ2v) is 8.40. The van der Waals surface area contributed by atoms with Crippen molar-refractivity contribution in [1.29, 1.82) is 0 Å². The van der Waals surface area contributed by atoms with Gasteiger partial charge in [0.1, 0.15) is 11.5 Å². The van der Waals surface area contributed by atoms with Gasteiger partial charge in [-0.1, -0.05) is 29.3 Å². The van der Waals surface area contributed by atoms with Crippen LogP contribution < -0.4 is 10.1 Å². The zero-order chi connectivity index (χ0) is 20.4. The molecule has 0 spiro atoms. The lowest BCUT2D eigenvalue weighted by Gasteiger charge is -2.35. The van der Waals surface area contributed by atoms with Crippen molar-refractivity contribution in [2.24, 2.45) is 0 Å². The standard InChI is InChI=1S/C22H25Cl2N3O2/c1-25-14-16-3-2-15(12-21(16)29-18-6-7-19(23)20(24)13-18)22(28)27-10-8-26(9-11-27)17-4-5-17/h2-3,6-7,12-13,17,25H,4-5,8-11,14H2,1H3. The van der Waals surface area contributed by atoms with E-state index in [1.165, 1.54) is 12.8 Å². The lowest BCUT2D eigenvalue weighted by molar-refractivity contribution is 0.0627. The molecule has 29 heavy (non-hydrogen) atoms. The van der Waals surface area contributed by atoms with Gasteiger partial charge in [-0.25, -0.2) is 0 Å². The number of carbonyl (C=O) groups excluding carboxylic acids is 1. The predicted molar refractivity (Wildman–Crippen MR) is 116 cm³/mol. The number of hydrogen-bond acceptors (Lipinski definition) is 4. The molecule has 5 nitrogen and oxygen atoms in total. The van der Waals surface area contributed by atoms with Gasteiger partial charge in [-0.15, -0.1) is 0 Å². The van der Waals surface area contributed by atoms with Gasteiger partial charge in [0.25, 0.3) is 5.91 Å². The molecule has 0 bridgehead atoms. The average molecular weight is 434 g/mol. The van der Waals surface area contributed by atoms with Crippen LogP contribution in [-0.4, -0.2) is 55.0 Å². The smallest absolute Gasteiger partial charge is 0.254 e. The van der Waals surface area contributed by atoms with Crippen LogP contribution in [0, 0.1) is 0 Å². The van der Waals surface area contributed by atoms with E-state index in [1.807, 2.05) is 30.1 Å². The van der Waals surface area contributed by atoms with Gasteiger partial charge >= 0.3 is 0 Å². The molecule has 0 atom stereocenters. The van der Waals surface area contributed by atoms with Gasteiger partial charge in [0.05, 0.1) is 10.0 Å². The summed E-state index contributed by atoms with van der Waals surface area (Å²) in [7, 11) is 1.88. The number of rotatable bonds is 6. The molecule has 0 unspecified atom stereocenters. The fraction of sp³-hybridized carbons (Fsp3) is 0.409. The van der Waals surface area contributed by atoms with Crippen molar-refractivity contribution in [2.45, 2.75) is 25.4 Å². The lowest BCUT2D eigenvalue weighted by atomic mass is 10.1. The maximum atomic E-state index is 13.1. The van der Waals surface area contributed by atoms with E-state index in [-0.39, 0.29) is 5.91 Å². The minimum absolute atomic E-state index is 0.0513. The number of ether oxygens (including phenoxy) is 1. The van der Waals surface area contributed by atoms with Gasteiger partial charge in [0.15, 0.2) is 0 Å². The average Bonchev–Trinajstić information content (AvgIpc) is 3.57. The first-order valence-electron chi connectivity index (χ1n) is 9.99. The number of nitrogens with one attached hydrogen (secondary N) is 1. The second-order valence-electron chi connectivity index (χ2n) is 7.59. The monoisotopic (exact) mass is 433 g/mol. The number of amides is 1. The van der Waals surface area contributed by atoms with E-state index in [9.17, 15) is 4.79 Å². The first-order valence-corrected chi connectivity index (χ1v) is 10.7. The van der Waals surface area contributed by atoms with Crippen molar-refractivity contribution in [1.82, 2.24) is 15.1 Å². The first kappa shape index (κ1) is 20.5. The number of carbonyl (C=O) groups is 1. The molecule has 1 saturated carbocycles. The van der Waals surface area contributed by atoms with E-state index in [1.54, 1.807) is 18.2 Å². The first-order chi connectivity index (χ1) is 14.0. The Balaban J connectivity index is 1.52. The van der Waals surface area contributed by atoms with E-state index in [0.717, 1.165) is 37.8 Å². The molecule has 1 amide bonds. The fourth-order valence-electron chi connectivity index (χ4n) is 3.70. The molecule has 2 fully saturated rings. The van der Waals surface area contributed by atoms with Crippen LogP contribution in [0.15, 0.2) is 36.4 Å². The van der Waals surface area contributed by atoms with Gasteiger partial charge in [-0.05, 0) is 44.2 Å². The molecule has 1 aliphatic carbocycles. The number of piperazine rings is 1. The van der Waals surface area contributed by atoms with Crippen LogP contribution in [0.5, 0.6) is 11.5 Å². The Labute approximate surface area is 181 Å². The Morgan fingerprint density at radius 2 is 1.83 bits per heavy atom. The predicted octanol–water partition coefficient (Wildman–Crippen LogP) is 4.43. The number of nitrogens with zero attached hydrogens (tertiary/aromatic N) is 2. The van der Waals surface area contributed by atoms with Crippen LogP contribution in [0.4, 0.5) is 0 Å². The Morgan fingerprint density at radius 1 is 1.07 bits per heavy atom. The third-order valence-corrected chi connectivity index (χ3v) is 6.20. The molecular weight excluding hydrogens is 409 g/mol. The fourth-order valence-corrected chi connectivity index (χ4v) is 3.99. The maximum absolute atomic E-state index is 13.1. The molecule has 2 aliphatic rings. The Bertz CT molecular complexity index is 894. The molecule has 2 aromatic carbocycles.